The van der Waals surface area contributed by atoms with Crippen molar-refractivity contribution in [3.05, 3.63) is 41.3 Å². The number of hydrogen-bond donors (Lipinski definition) is 0. The number of fused-ring (bicyclic) bond motifs is 2. The van der Waals surface area contributed by atoms with Crippen molar-refractivity contribution in [3.8, 4) is 5.75 Å². The molecule has 0 spiro atoms. The highest BCUT2D eigenvalue weighted by Crippen LogP contribution is 2.44. The van der Waals surface area contributed by atoms with Crippen LogP contribution < -0.4 is 9.64 Å². The normalized spacial score (nSPS) is 18.6. The molecule has 0 N–H and O–H groups in total. The largest absolute Gasteiger partial charge is 0.486 e. The molecule has 0 atom stereocenters. The van der Waals surface area contributed by atoms with Crippen molar-refractivity contribution in [2.75, 3.05) is 31.2 Å². The van der Waals surface area contributed by atoms with E-state index < -0.39 is 17.3 Å². The Bertz CT molecular complexity index is 1270. The topological polar surface area (TPSA) is 103 Å². The van der Waals surface area contributed by atoms with Gasteiger partial charge in [0.25, 0.3) is 0 Å². The molecule has 2 amide bonds. The summed E-state index contributed by atoms with van der Waals surface area (Å²) >= 11 is 0. The maximum Gasteiger partial charge on any atom is 0.420 e. The number of aromatic nitrogens is 2. The first-order valence-corrected chi connectivity index (χ1v) is 14.6. The van der Waals surface area contributed by atoms with Crippen LogP contribution in [0.1, 0.15) is 95.9 Å². The first-order valence-electron chi connectivity index (χ1n) is 14.6. The van der Waals surface area contributed by atoms with E-state index in [2.05, 4.69) is 16.0 Å². The fraction of sp³-hybridized carbons (Fsp3) is 0.613. The lowest BCUT2D eigenvalue weighted by molar-refractivity contribution is 0.0204. The number of likely N-dealkylation sites (tertiary alicyclic amines) is 1. The van der Waals surface area contributed by atoms with Gasteiger partial charge in [-0.1, -0.05) is 6.07 Å². The summed E-state index contributed by atoms with van der Waals surface area (Å²) < 4.78 is 23.4. The van der Waals surface area contributed by atoms with Gasteiger partial charge < -0.3 is 23.8 Å². The molecule has 0 aliphatic carbocycles. The highest BCUT2D eigenvalue weighted by atomic mass is 16.6. The second-order valence-corrected chi connectivity index (χ2v) is 13.0. The molecule has 4 heterocycles. The van der Waals surface area contributed by atoms with Gasteiger partial charge in [-0.15, -0.1) is 0 Å². The van der Waals surface area contributed by atoms with Crippen molar-refractivity contribution in [1.29, 1.82) is 0 Å². The molecule has 5 rings (SSSR count). The first-order chi connectivity index (χ1) is 19.4. The molecule has 3 aliphatic heterocycles. The monoisotopic (exact) mass is 566 g/mol. The van der Waals surface area contributed by atoms with Crippen molar-refractivity contribution in [3.63, 3.8) is 0 Å². The van der Waals surface area contributed by atoms with Crippen LogP contribution in [0.25, 0.3) is 0 Å². The highest BCUT2D eigenvalue weighted by molar-refractivity contribution is 5.98. The minimum atomic E-state index is -0.701. The molecule has 2 saturated heterocycles. The van der Waals surface area contributed by atoms with Gasteiger partial charge in [0.15, 0.2) is 5.82 Å². The van der Waals surface area contributed by atoms with Crippen LogP contribution in [-0.2, 0) is 20.8 Å². The Labute approximate surface area is 242 Å². The fourth-order valence-electron chi connectivity index (χ4n) is 5.63. The lowest BCUT2D eigenvalue weighted by atomic mass is 9.89. The molecule has 0 unspecified atom stereocenters. The van der Waals surface area contributed by atoms with Gasteiger partial charge >= 0.3 is 12.2 Å². The summed E-state index contributed by atoms with van der Waals surface area (Å²) in [6.45, 7) is 14.0. The zero-order valence-corrected chi connectivity index (χ0v) is 25.1. The Balaban J connectivity index is 1.47. The Kier molecular flexibility index (Phi) is 8.14. The van der Waals surface area contributed by atoms with Crippen LogP contribution in [0.2, 0.25) is 0 Å². The Morgan fingerprint density at radius 1 is 0.878 bits per heavy atom. The average Bonchev–Trinajstić information content (AvgIpc) is 3.08. The second-order valence-electron chi connectivity index (χ2n) is 13.0. The molecule has 3 aliphatic rings. The maximum absolute atomic E-state index is 13.8. The molecule has 2 aromatic rings. The van der Waals surface area contributed by atoms with E-state index in [1.54, 1.807) is 9.80 Å². The van der Waals surface area contributed by atoms with Crippen molar-refractivity contribution in [1.82, 2.24) is 14.9 Å². The van der Waals surface area contributed by atoms with Gasteiger partial charge in [-0.05, 0) is 90.8 Å². The van der Waals surface area contributed by atoms with Gasteiger partial charge in [0, 0.05) is 32.2 Å². The van der Waals surface area contributed by atoms with Crippen LogP contribution in [0.3, 0.4) is 0 Å². The van der Waals surface area contributed by atoms with E-state index in [9.17, 15) is 9.59 Å². The van der Waals surface area contributed by atoms with E-state index in [4.69, 9.17) is 18.9 Å². The predicted molar refractivity (Wildman–Crippen MR) is 154 cm³/mol. The average molecular weight is 567 g/mol. The summed E-state index contributed by atoms with van der Waals surface area (Å²) in [4.78, 5) is 39.0. The lowest BCUT2D eigenvalue weighted by Crippen LogP contribution is -2.41. The maximum atomic E-state index is 13.8. The van der Waals surface area contributed by atoms with Gasteiger partial charge in [0.05, 0.1) is 16.9 Å². The number of carbonyl (C=O) groups is 2. The molecular weight excluding hydrogens is 524 g/mol. The third-order valence-corrected chi connectivity index (χ3v) is 7.57. The predicted octanol–water partition coefficient (Wildman–Crippen LogP) is 6.45. The summed E-state index contributed by atoms with van der Waals surface area (Å²) in [7, 11) is 0. The van der Waals surface area contributed by atoms with Crippen LogP contribution >= 0.6 is 0 Å². The number of ether oxygens (including phenoxy) is 4. The van der Waals surface area contributed by atoms with Crippen LogP contribution in [-0.4, -0.2) is 64.6 Å². The molecule has 0 bridgehead atoms. The number of nitrogens with zero attached hydrogens (tertiary/aromatic N) is 4. The molecule has 41 heavy (non-hydrogen) atoms. The van der Waals surface area contributed by atoms with E-state index in [0.717, 1.165) is 42.5 Å². The molecule has 0 radical (unpaired) electrons. The molecular formula is C31H42N4O6. The zero-order valence-electron chi connectivity index (χ0n) is 25.1. The minimum Gasteiger partial charge on any atom is -0.486 e. The molecule has 222 valence electrons. The molecule has 10 heteroatoms. The Morgan fingerprint density at radius 2 is 1.54 bits per heavy atom. The fourth-order valence-corrected chi connectivity index (χ4v) is 5.63. The number of amides is 2. The SMILES string of the molecule is CC(C)(C)OC(=O)N1CCC(c2ccc3c(c2)N(C(=O)OC(C)(C)C)c2ncnc(C4CCOCC4)c2CO3)CC1. The van der Waals surface area contributed by atoms with Gasteiger partial charge in [-0.3, -0.25) is 0 Å². The van der Waals surface area contributed by atoms with Crippen LogP contribution in [0, 0.1) is 0 Å². The first kappa shape index (κ1) is 29.1. The molecule has 1 aromatic carbocycles. The number of piperidine rings is 1. The standard InChI is InChI=1S/C31H42N4O6/c1-30(2,3)40-28(36)34-13-9-20(10-14-34)22-7-8-25-24(17-22)35(29(37)41-31(4,5)6)27-23(18-39-25)26(32-19-33-27)21-11-15-38-16-12-21/h7-8,17,19-21H,9-16,18H2,1-6H3. The number of carbonyl (C=O) groups excluding carboxylic acids is 2. The van der Waals surface area contributed by atoms with Crippen LogP contribution in [0.5, 0.6) is 5.75 Å². The Morgan fingerprint density at radius 3 is 2.20 bits per heavy atom. The van der Waals surface area contributed by atoms with Crippen LogP contribution in [0.4, 0.5) is 21.1 Å². The number of hydrogen-bond acceptors (Lipinski definition) is 8. The Hall–Kier alpha value is -3.40. The smallest absolute Gasteiger partial charge is 0.420 e. The van der Waals surface area contributed by atoms with E-state index >= 15 is 0 Å². The van der Waals surface area contributed by atoms with Crippen molar-refractivity contribution in [2.45, 2.75) is 96.9 Å². The summed E-state index contributed by atoms with van der Waals surface area (Å²) in [5.74, 6) is 1.50. The molecule has 2 fully saturated rings. The van der Waals surface area contributed by atoms with Crippen molar-refractivity contribution in [2.24, 2.45) is 0 Å². The molecule has 1 aromatic heterocycles. The third kappa shape index (κ3) is 6.74. The summed E-state index contributed by atoms with van der Waals surface area (Å²) in [5.41, 5.74) is 2.14. The lowest BCUT2D eigenvalue weighted by Gasteiger charge is -2.34. The van der Waals surface area contributed by atoms with E-state index in [0.29, 0.717) is 43.6 Å². The molecule has 10 nitrogen and oxygen atoms in total. The van der Waals surface area contributed by atoms with Gasteiger partial charge in [-0.2, -0.15) is 0 Å². The number of anilines is 2. The van der Waals surface area contributed by atoms with E-state index in [1.807, 2.05) is 53.7 Å². The number of benzene rings is 1. The van der Waals surface area contributed by atoms with E-state index in [1.165, 1.54) is 6.33 Å². The quantitative estimate of drug-likeness (QED) is 0.409. The summed E-state index contributed by atoms with van der Waals surface area (Å²) in [6.07, 6.45) is 4.03. The summed E-state index contributed by atoms with van der Waals surface area (Å²) in [5, 5.41) is 0. The highest BCUT2D eigenvalue weighted by Gasteiger charge is 2.36. The minimum absolute atomic E-state index is 0.205. The molecule has 0 saturated carbocycles. The third-order valence-electron chi connectivity index (χ3n) is 7.57. The van der Waals surface area contributed by atoms with E-state index in [-0.39, 0.29) is 24.5 Å². The zero-order chi connectivity index (χ0) is 29.4. The van der Waals surface area contributed by atoms with Gasteiger partial charge in [0.1, 0.15) is 29.9 Å². The van der Waals surface area contributed by atoms with Crippen LogP contribution in [0.15, 0.2) is 24.5 Å². The van der Waals surface area contributed by atoms with Gasteiger partial charge in [0.2, 0.25) is 0 Å². The van der Waals surface area contributed by atoms with Crippen molar-refractivity contribution < 1.29 is 28.5 Å². The summed E-state index contributed by atoms with van der Waals surface area (Å²) in [6, 6.07) is 6.00. The van der Waals surface area contributed by atoms with Crippen molar-refractivity contribution >= 4 is 23.7 Å². The second kappa shape index (κ2) is 11.5. The van der Waals surface area contributed by atoms with Gasteiger partial charge in [-0.25, -0.2) is 24.5 Å². The number of rotatable bonds is 2.